The van der Waals surface area contributed by atoms with Gasteiger partial charge >= 0.3 is 0 Å². The Bertz CT molecular complexity index is 569. The van der Waals surface area contributed by atoms with Crippen LogP contribution in [0.1, 0.15) is 11.1 Å². The minimum Gasteiger partial charge on any atom is -0.357 e. The van der Waals surface area contributed by atoms with Crippen LogP contribution in [0, 0.1) is 13.8 Å². The lowest BCUT2D eigenvalue weighted by molar-refractivity contribution is 1.12. The fourth-order valence-electron chi connectivity index (χ4n) is 1.54. The maximum Gasteiger partial charge on any atom is 0.224 e. The molecule has 0 aliphatic carbocycles. The third kappa shape index (κ3) is 2.71. The molecule has 2 N–H and O–H groups in total. The molecule has 2 rings (SSSR count). The van der Waals surface area contributed by atoms with Gasteiger partial charge in [0.25, 0.3) is 0 Å². The zero-order chi connectivity index (χ0) is 13.1. The van der Waals surface area contributed by atoms with Gasteiger partial charge in [-0.25, -0.2) is 4.98 Å². The third-order valence-corrected chi connectivity index (χ3v) is 2.89. The molecule has 0 unspecified atom stereocenters. The molecule has 1 aromatic heterocycles. The highest BCUT2D eigenvalue weighted by Crippen LogP contribution is 2.27. The maximum absolute atomic E-state index is 6.18. The van der Waals surface area contributed by atoms with Crippen LogP contribution in [0.2, 0.25) is 5.02 Å². The Kier molecular flexibility index (Phi) is 3.67. The second kappa shape index (κ2) is 5.23. The highest BCUT2D eigenvalue weighted by molar-refractivity contribution is 6.33. The van der Waals surface area contributed by atoms with E-state index in [0.29, 0.717) is 11.0 Å². The lowest BCUT2D eigenvalue weighted by atomic mass is 10.2. The van der Waals surface area contributed by atoms with Crippen molar-refractivity contribution in [2.45, 2.75) is 13.8 Å². The molecule has 18 heavy (non-hydrogen) atoms. The number of nitrogens with zero attached hydrogens (tertiary/aromatic N) is 2. The highest BCUT2D eigenvalue weighted by atomic mass is 35.5. The lowest BCUT2D eigenvalue weighted by Gasteiger charge is -2.11. The minimum atomic E-state index is 0.575. The van der Waals surface area contributed by atoms with E-state index in [1.807, 2.05) is 32.0 Å². The van der Waals surface area contributed by atoms with E-state index in [-0.39, 0.29) is 0 Å². The molecule has 1 aromatic carbocycles. The van der Waals surface area contributed by atoms with E-state index < -0.39 is 0 Å². The lowest BCUT2D eigenvalue weighted by Crippen LogP contribution is -2.02. The van der Waals surface area contributed by atoms with Gasteiger partial charge in [-0.15, -0.1) is 0 Å². The molecule has 1 heterocycles. The summed E-state index contributed by atoms with van der Waals surface area (Å²) in [6, 6.07) is 5.86. The first kappa shape index (κ1) is 12.6. The van der Waals surface area contributed by atoms with E-state index in [9.17, 15) is 0 Å². The van der Waals surface area contributed by atoms with E-state index in [2.05, 4.69) is 20.6 Å². The van der Waals surface area contributed by atoms with E-state index in [0.717, 1.165) is 22.6 Å². The standard InChI is InChI=1S/C13H15ClN4/c1-8-4-5-11(10(14)6-8)17-12-9(2)7-16-13(15-3)18-12/h4-7H,1-3H3,(H2,15,16,17,18). The molecule has 0 saturated heterocycles. The number of aryl methyl sites for hydroxylation is 2. The van der Waals surface area contributed by atoms with Gasteiger partial charge < -0.3 is 10.6 Å². The van der Waals surface area contributed by atoms with Crippen molar-refractivity contribution in [2.75, 3.05) is 17.7 Å². The summed E-state index contributed by atoms with van der Waals surface area (Å²) < 4.78 is 0. The van der Waals surface area contributed by atoms with Crippen molar-refractivity contribution in [2.24, 2.45) is 0 Å². The first-order valence-electron chi connectivity index (χ1n) is 5.64. The van der Waals surface area contributed by atoms with Crippen LogP contribution in [0.5, 0.6) is 0 Å². The van der Waals surface area contributed by atoms with Gasteiger partial charge in [-0.2, -0.15) is 4.98 Å². The predicted molar refractivity (Wildman–Crippen MR) is 75.8 cm³/mol. The summed E-state index contributed by atoms with van der Waals surface area (Å²) in [7, 11) is 1.79. The molecule has 2 aromatic rings. The second-order valence-electron chi connectivity index (χ2n) is 4.08. The van der Waals surface area contributed by atoms with E-state index in [1.165, 1.54) is 0 Å². The van der Waals surface area contributed by atoms with Crippen LogP contribution in [-0.2, 0) is 0 Å². The van der Waals surface area contributed by atoms with Crippen molar-refractivity contribution >= 4 is 29.1 Å². The first-order valence-corrected chi connectivity index (χ1v) is 6.02. The molecular formula is C13H15ClN4. The molecule has 0 aliphatic heterocycles. The van der Waals surface area contributed by atoms with Crippen molar-refractivity contribution in [1.82, 2.24) is 9.97 Å². The number of nitrogens with one attached hydrogen (secondary N) is 2. The number of anilines is 3. The Morgan fingerprint density at radius 1 is 1.22 bits per heavy atom. The molecule has 94 valence electrons. The summed E-state index contributed by atoms with van der Waals surface area (Å²) in [5.41, 5.74) is 2.93. The fraction of sp³-hybridized carbons (Fsp3) is 0.231. The van der Waals surface area contributed by atoms with Crippen LogP contribution in [0.3, 0.4) is 0 Å². The number of hydrogen-bond donors (Lipinski definition) is 2. The SMILES string of the molecule is CNc1ncc(C)c(Nc2ccc(C)cc2Cl)n1. The predicted octanol–water partition coefficient (Wildman–Crippen LogP) is 3.53. The number of benzene rings is 1. The maximum atomic E-state index is 6.18. The molecule has 0 bridgehead atoms. The van der Waals surface area contributed by atoms with Crippen LogP contribution in [0.4, 0.5) is 17.5 Å². The van der Waals surface area contributed by atoms with Crippen LogP contribution in [-0.4, -0.2) is 17.0 Å². The topological polar surface area (TPSA) is 49.8 Å². The van der Waals surface area contributed by atoms with Gasteiger partial charge in [-0.1, -0.05) is 17.7 Å². The molecule has 0 atom stereocenters. The summed E-state index contributed by atoms with van der Waals surface area (Å²) >= 11 is 6.18. The van der Waals surface area contributed by atoms with Crippen LogP contribution in [0.25, 0.3) is 0 Å². The second-order valence-corrected chi connectivity index (χ2v) is 4.49. The largest absolute Gasteiger partial charge is 0.357 e. The molecule has 0 saturated carbocycles. The van der Waals surface area contributed by atoms with E-state index in [4.69, 9.17) is 11.6 Å². The summed E-state index contributed by atoms with van der Waals surface area (Å²) in [6.45, 7) is 3.95. The molecule has 5 heteroatoms. The summed E-state index contributed by atoms with van der Waals surface area (Å²) in [5, 5.41) is 6.81. The quantitative estimate of drug-likeness (QED) is 0.888. The molecule has 0 spiro atoms. The van der Waals surface area contributed by atoms with E-state index in [1.54, 1.807) is 13.2 Å². The van der Waals surface area contributed by atoms with Crippen LogP contribution in [0.15, 0.2) is 24.4 Å². The normalized spacial score (nSPS) is 10.2. The Morgan fingerprint density at radius 2 is 2.00 bits per heavy atom. The Hall–Kier alpha value is -1.81. The zero-order valence-corrected chi connectivity index (χ0v) is 11.3. The molecule has 4 nitrogen and oxygen atoms in total. The third-order valence-electron chi connectivity index (χ3n) is 2.57. The Morgan fingerprint density at radius 3 is 2.67 bits per heavy atom. The van der Waals surface area contributed by atoms with Crippen LogP contribution < -0.4 is 10.6 Å². The molecular weight excluding hydrogens is 248 g/mol. The molecule has 0 amide bonds. The van der Waals surface area contributed by atoms with Crippen molar-refractivity contribution < 1.29 is 0 Å². The number of rotatable bonds is 3. The van der Waals surface area contributed by atoms with Crippen molar-refractivity contribution in [3.8, 4) is 0 Å². The van der Waals surface area contributed by atoms with Crippen molar-refractivity contribution in [3.05, 3.63) is 40.5 Å². The monoisotopic (exact) mass is 262 g/mol. The molecule has 0 fully saturated rings. The summed E-state index contributed by atoms with van der Waals surface area (Å²) in [5.74, 6) is 1.33. The average Bonchev–Trinajstić information content (AvgIpc) is 2.35. The van der Waals surface area contributed by atoms with Gasteiger partial charge in [0.05, 0.1) is 10.7 Å². The Labute approximate surface area is 111 Å². The van der Waals surface area contributed by atoms with Gasteiger partial charge in [0.2, 0.25) is 5.95 Å². The van der Waals surface area contributed by atoms with Crippen molar-refractivity contribution in [1.29, 1.82) is 0 Å². The average molecular weight is 263 g/mol. The number of halogens is 1. The molecule has 0 radical (unpaired) electrons. The number of hydrogen-bond acceptors (Lipinski definition) is 4. The van der Waals surface area contributed by atoms with Gasteiger partial charge in [0, 0.05) is 18.8 Å². The zero-order valence-electron chi connectivity index (χ0n) is 10.6. The minimum absolute atomic E-state index is 0.575. The van der Waals surface area contributed by atoms with Gasteiger partial charge in [0.15, 0.2) is 0 Å². The van der Waals surface area contributed by atoms with Crippen molar-refractivity contribution in [3.63, 3.8) is 0 Å². The summed E-state index contributed by atoms with van der Waals surface area (Å²) in [6.07, 6.45) is 1.77. The fourth-order valence-corrected chi connectivity index (χ4v) is 1.82. The number of aromatic nitrogens is 2. The summed E-state index contributed by atoms with van der Waals surface area (Å²) in [4.78, 5) is 8.50. The highest BCUT2D eigenvalue weighted by Gasteiger charge is 2.06. The van der Waals surface area contributed by atoms with Crippen LogP contribution >= 0.6 is 11.6 Å². The van der Waals surface area contributed by atoms with Gasteiger partial charge in [0.1, 0.15) is 5.82 Å². The van der Waals surface area contributed by atoms with Gasteiger partial charge in [-0.3, -0.25) is 0 Å². The smallest absolute Gasteiger partial charge is 0.224 e. The first-order chi connectivity index (χ1) is 8.60. The van der Waals surface area contributed by atoms with Gasteiger partial charge in [-0.05, 0) is 31.5 Å². The van der Waals surface area contributed by atoms with E-state index >= 15 is 0 Å². The molecule has 0 aliphatic rings. The Balaban J connectivity index is 2.33.